The van der Waals surface area contributed by atoms with E-state index in [2.05, 4.69) is 0 Å². The van der Waals surface area contributed by atoms with Gasteiger partial charge in [-0.2, -0.15) is 0 Å². The lowest BCUT2D eigenvalue weighted by Crippen LogP contribution is -2.31. The van der Waals surface area contributed by atoms with Gasteiger partial charge in [-0.05, 0) is 17.7 Å². The van der Waals surface area contributed by atoms with Crippen LogP contribution in [0.25, 0.3) is 0 Å². The molecule has 0 aliphatic rings. The molecule has 4 N–H and O–H groups in total. The van der Waals surface area contributed by atoms with E-state index < -0.39 is 0 Å². The maximum Gasteiger partial charge on any atom is 0.0823 e. The molecule has 0 atom stereocenters. The van der Waals surface area contributed by atoms with Crippen LogP contribution in [0.1, 0.15) is 5.56 Å². The fraction of sp³-hybridized carbons (Fsp3) is 0.400. The van der Waals surface area contributed by atoms with Gasteiger partial charge in [-0.3, -0.25) is 0 Å². The molecular weight excluding hydrogens is 200 g/mol. The second-order valence-corrected chi connectivity index (χ2v) is 3.47. The fourth-order valence-electron chi connectivity index (χ4n) is 1.03. The van der Waals surface area contributed by atoms with E-state index >= 15 is 0 Å². The molecule has 0 amide bonds. The van der Waals surface area contributed by atoms with Crippen LogP contribution in [0, 0.1) is 0 Å². The van der Waals surface area contributed by atoms with Crippen molar-refractivity contribution in [3.05, 3.63) is 34.9 Å². The van der Waals surface area contributed by atoms with E-state index in [1.165, 1.54) is 0 Å². The monoisotopic (exact) mass is 214 g/mol. The Morgan fingerprint density at radius 1 is 1.14 bits per heavy atom. The third-order valence-corrected chi connectivity index (χ3v) is 2.18. The first kappa shape index (κ1) is 11.5. The highest BCUT2D eigenvalue weighted by atomic mass is 35.5. The van der Waals surface area contributed by atoms with E-state index in [-0.39, 0.29) is 6.10 Å². The summed E-state index contributed by atoms with van der Waals surface area (Å²) in [6.45, 7) is 1.42. The van der Waals surface area contributed by atoms with E-state index in [1.807, 2.05) is 24.3 Å². The van der Waals surface area contributed by atoms with Crippen molar-refractivity contribution in [3.8, 4) is 0 Å². The van der Waals surface area contributed by atoms with E-state index in [1.54, 1.807) is 0 Å². The number of benzene rings is 1. The van der Waals surface area contributed by atoms with Gasteiger partial charge in [0.15, 0.2) is 0 Å². The van der Waals surface area contributed by atoms with E-state index in [9.17, 15) is 0 Å². The van der Waals surface area contributed by atoms with Crippen molar-refractivity contribution in [1.82, 2.24) is 0 Å². The second-order valence-electron chi connectivity index (χ2n) is 3.03. The Kier molecular flexibility index (Phi) is 4.90. The Morgan fingerprint density at radius 3 is 2.21 bits per heavy atom. The molecule has 78 valence electrons. The van der Waals surface area contributed by atoms with Crippen molar-refractivity contribution >= 4 is 11.6 Å². The van der Waals surface area contributed by atoms with Crippen molar-refractivity contribution in [2.24, 2.45) is 11.5 Å². The lowest BCUT2D eigenvalue weighted by Gasteiger charge is -2.13. The molecule has 0 bridgehead atoms. The fourth-order valence-corrected chi connectivity index (χ4v) is 1.15. The molecule has 3 nitrogen and oxygen atoms in total. The molecule has 0 spiro atoms. The predicted octanol–water partition coefficient (Wildman–Crippen LogP) is 1.14. The van der Waals surface area contributed by atoms with Gasteiger partial charge in [0, 0.05) is 18.1 Å². The number of hydrogen-bond acceptors (Lipinski definition) is 3. The molecule has 0 aliphatic carbocycles. The van der Waals surface area contributed by atoms with Crippen LogP contribution >= 0.6 is 11.6 Å². The van der Waals surface area contributed by atoms with Crippen molar-refractivity contribution < 1.29 is 4.74 Å². The van der Waals surface area contributed by atoms with Crippen LogP contribution in [0.5, 0.6) is 0 Å². The smallest absolute Gasteiger partial charge is 0.0823 e. The molecule has 0 saturated heterocycles. The van der Waals surface area contributed by atoms with Gasteiger partial charge in [-0.25, -0.2) is 0 Å². The Labute approximate surface area is 89.0 Å². The van der Waals surface area contributed by atoms with Crippen molar-refractivity contribution in [1.29, 1.82) is 0 Å². The Hall–Kier alpha value is -0.610. The summed E-state index contributed by atoms with van der Waals surface area (Å²) >= 11 is 5.75. The predicted molar refractivity (Wildman–Crippen MR) is 58.1 cm³/mol. The van der Waals surface area contributed by atoms with Gasteiger partial charge < -0.3 is 16.2 Å². The zero-order valence-electron chi connectivity index (χ0n) is 7.95. The molecule has 14 heavy (non-hydrogen) atoms. The summed E-state index contributed by atoms with van der Waals surface area (Å²) in [5.41, 5.74) is 12.0. The number of rotatable bonds is 5. The zero-order chi connectivity index (χ0) is 10.4. The first-order chi connectivity index (χ1) is 6.76. The summed E-state index contributed by atoms with van der Waals surface area (Å²) < 4.78 is 5.47. The summed E-state index contributed by atoms with van der Waals surface area (Å²) in [5, 5.41) is 0.725. The summed E-state index contributed by atoms with van der Waals surface area (Å²) in [6.07, 6.45) is -0.0642. The van der Waals surface area contributed by atoms with Gasteiger partial charge in [0.1, 0.15) is 0 Å². The maximum atomic E-state index is 5.75. The minimum absolute atomic E-state index is 0.0642. The van der Waals surface area contributed by atoms with Crippen LogP contribution in [0.2, 0.25) is 5.02 Å². The van der Waals surface area contributed by atoms with Crippen LogP contribution in [-0.2, 0) is 11.3 Å². The lowest BCUT2D eigenvalue weighted by atomic mass is 10.2. The second kappa shape index (κ2) is 5.98. The third kappa shape index (κ3) is 3.64. The molecule has 0 heterocycles. The zero-order valence-corrected chi connectivity index (χ0v) is 8.70. The van der Waals surface area contributed by atoms with Gasteiger partial charge in [0.05, 0.1) is 12.7 Å². The Balaban J connectivity index is 2.41. The summed E-state index contributed by atoms with van der Waals surface area (Å²) in [7, 11) is 0. The highest BCUT2D eigenvalue weighted by molar-refractivity contribution is 6.30. The van der Waals surface area contributed by atoms with Crippen LogP contribution in [0.3, 0.4) is 0 Å². The van der Waals surface area contributed by atoms with Crippen molar-refractivity contribution in [2.75, 3.05) is 13.1 Å². The molecule has 4 heteroatoms. The molecule has 1 aromatic carbocycles. The Bertz CT molecular complexity index is 259. The number of halogens is 1. The molecule has 0 saturated carbocycles. The maximum absolute atomic E-state index is 5.75. The Morgan fingerprint density at radius 2 is 1.71 bits per heavy atom. The summed E-state index contributed by atoms with van der Waals surface area (Å²) in [6, 6.07) is 7.51. The normalized spacial score (nSPS) is 10.9. The molecule has 1 rings (SSSR count). The van der Waals surface area contributed by atoms with E-state index in [0.29, 0.717) is 19.7 Å². The molecule has 0 aliphatic heterocycles. The molecule has 0 radical (unpaired) electrons. The number of nitrogens with two attached hydrogens (primary N) is 2. The van der Waals surface area contributed by atoms with Crippen molar-refractivity contribution in [2.45, 2.75) is 12.7 Å². The standard InChI is InChI=1S/C10H15ClN2O/c11-9-3-1-8(2-4-9)7-14-10(5-12)6-13/h1-4,10H,5-7,12-13H2. The van der Waals surface area contributed by atoms with E-state index in [4.69, 9.17) is 27.8 Å². The third-order valence-electron chi connectivity index (χ3n) is 1.92. The summed E-state index contributed by atoms with van der Waals surface area (Å²) in [4.78, 5) is 0. The first-order valence-electron chi connectivity index (χ1n) is 4.52. The highest BCUT2D eigenvalue weighted by Gasteiger charge is 2.03. The average Bonchev–Trinajstić information content (AvgIpc) is 2.22. The minimum Gasteiger partial charge on any atom is -0.371 e. The van der Waals surface area contributed by atoms with Crippen LogP contribution in [0.4, 0.5) is 0 Å². The molecule has 0 aromatic heterocycles. The number of hydrogen-bond donors (Lipinski definition) is 2. The van der Waals surface area contributed by atoms with Gasteiger partial charge in [-0.1, -0.05) is 23.7 Å². The van der Waals surface area contributed by atoms with Crippen LogP contribution in [-0.4, -0.2) is 19.2 Å². The molecular formula is C10H15ClN2O. The summed E-state index contributed by atoms with van der Waals surface area (Å²) in [5.74, 6) is 0. The number of ether oxygens (including phenoxy) is 1. The van der Waals surface area contributed by atoms with Crippen molar-refractivity contribution in [3.63, 3.8) is 0 Å². The van der Waals surface area contributed by atoms with Gasteiger partial charge in [0.2, 0.25) is 0 Å². The van der Waals surface area contributed by atoms with Crippen LogP contribution in [0.15, 0.2) is 24.3 Å². The quantitative estimate of drug-likeness (QED) is 0.773. The van der Waals surface area contributed by atoms with Gasteiger partial charge in [0.25, 0.3) is 0 Å². The molecule has 1 aromatic rings. The van der Waals surface area contributed by atoms with Gasteiger partial charge >= 0.3 is 0 Å². The molecule has 0 fully saturated rings. The topological polar surface area (TPSA) is 61.3 Å². The minimum atomic E-state index is -0.0642. The largest absolute Gasteiger partial charge is 0.371 e. The SMILES string of the molecule is NCC(CN)OCc1ccc(Cl)cc1. The average molecular weight is 215 g/mol. The highest BCUT2D eigenvalue weighted by Crippen LogP contribution is 2.10. The van der Waals surface area contributed by atoms with Crippen LogP contribution < -0.4 is 11.5 Å². The molecule has 0 unspecified atom stereocenters. The van der Waals surface area contributed by atoms with E-state index in [0.717, 1.165) is 10.6 Å². The first-order valence-corrected chi connectivity index (χ1v) is 4.90. The lowest BCUT2D eigenvalue weighted by molar-refractivity contribution is 0.0523. The van der Waals surface area contributed by atoms with Gasteiger partial charge in [-0.15, -0.1) is 0 Å².